The highest BCUT2D eigenvalue weighted by Gasteiger charge is 2.22. The minimum Gasteiger partial charge on any atom is -0.313 e. The van der Waals surface area contributed by atoms with Gasteiger partial charge in [0.1, 0.15) is 0 Å². The number of nitrogens with one attached hydrogen (secondary N) is 1. The maximum absolute atomic E-state index is 3.59. The molecule has 116 valence electrons. The van der Waals surface area contributed by atoms with E-state index in [1.807, 2.05) is 0 Å². The lowest BCUT2D eigenvalue weighted by Crippen LogP contribution is -2.20. The van der Waals surface area contributed by atoms with Crippen LogP contribution in [0.25, 0.3) is 0 Å². The van der Waals surface area contributed by atoms with E-state index in [0.29, 0.717) is 6.04 Å². The minimum absolute atomic E-state index is 0.549. The third kappa shape index (κ3) is 3.88. The van der Waals surface area contributed by atoms with E-state index >= 15 is 0 Å². The van der Waals surface area contributed by atoms with Gasteiger partial charge in [0.05, 0.1) is 0 Å². The zero-order valence-electron chi connectivity index (χ0n) is 13.6. The summed E-state index contributed by atoms with van der Waals surface area (Å²) in [7, 11) is 2.14. The zero-order valence-corrected chi connectivity index (χ0v) is 13.6. The molecule has 0 bridgehead atoms. The third-order valence-corrected chi connectivity index (χ3v) is 5.78. The second-order valence-corrected chi connectivity index (χ2v) is 7.23. The molecular weight excluding hydrogens is 254 g/mol. The van der Waals surface area contributed by atoms with Crippen LogP contribution in [0.3, 0.4) is 0 Å². The first kappa shape index (κ1) is 15.1. The monoisotopic (exact) mass is 285 g/mol. The van der Waals surface area contributed by atoms with E-state index in [0.717, 1.165) is 11.8 Å². The van der Waals surface area contributed by atoms with Gasteiger partial charge in [-0.25, -0.2) is 0 Å². The smallest absolute Gasteiger partial charge is 0.0320 e. The Labute approximate surface area is 130 Å². The molecule has 1 N–H and O–H groups in total. The van der Waals surface area contributed by atoms with Crippen LogP contribution in [0.1, 0.15) is 87.3 Å². The molecular formula is C20H31N. The van der Waals surface area contributed by atoms with Crippen molar-refractivity contribution in [1.82, 2.24) is 5.32 Å². The Morgan fingerprint density at radius 2 is 1.76 bits per heavy atom. The lowest BCUT2D eigenvalue weighted by atomic mass is 9.79. The number of hydrogen-bond donors (Lipinski definition) is 1. The van der Waals surface area contributed by atoms with E-state index in [2.05, 4.69) is 36.6 Å². The Bertz CT molecular complexity index is 427. The van der Waals surface area contributed by atoms with Crippen LogP contribution in [0, 0.1) is 5.92 Å². The number of hydrogen-bond acceptors (Lipinski definition) is 1. The van der Waals surface area contributed by atoms with Gasteiger partial charge < -0.3 is 5.32 Å². The summed E-state index contributed by atoms with van der Waals surface area (Å²) in [5.74, 6) is 1.78. The summed E-state index contributed by atoms with van der Waals surface area (Å²) in [4.78, 5) is 0. The molecule has 21 heavy (non-hydrogen) atoms. The van der Waals surface area contributed by atoms with Crippen molar-refractivity contribution >= 4 is 0 Å². The Morgan fingerprint density at radius 3 is 2.38 bits per heavy atom. The van der Waals surface area contributed by atoms with E-state index in [9.17, 15) is 0 Å². The van der Waals surface area contributed by atoms with Crippen molar-refractivity contribution in [2.24, 2.45) is 5.92 Å². The molecule has 2 aliphatic rings. The molecule has 0 amide bonds. The zero-order chi connectivity index (χ0) is 14.5. The van der Waals surface area contributed by atoms with E-state index in [-0.39, 0.29) is 0 Å². The first-order valence-electron chi connectivity index (χ1n) is 9.14. The van der Waals surface area contributed by atoms with Crippen molar-refractivity contribution in [3.05, 3.63) is 35.4 Å². The standard InChI is InChI=1S/C20H31N/c1-21-20(14-16-8-4-2-3-5-9-16)19-13-7-12-18(15-19)17-10-6-11-17/h7,12-13,15-17,20-21H,2-6,8-11,14H2,1H3. The first-order chi connectivity index (χ1) is 10.4. The van der Waals surface area contributed by atoms with Gasteiger partial charge in [-0.15, -0.1) is 0 Å². The SMILES string of the molecule is CNC(CC1CCCCCC1)c1cccc(C2CCC2)c1. The second kappa shape index (κ2) is 7.45. The largest absolute Gasteiger partial charge is 0.313 e. The van der Waals surface area contributed by atoms with Gasteiger partial charge in [-0.3, -0.25) is 0 Å². The Kier molecular flexibility index (Phi) is 5.35. The van der Waals surface area contributed by atoms with Crippen molar-refractivity contribution in [2.75, 3.05) is 7.05 Å². The molecule has 0 heterocycles. The average molecular weight is 285 g/mol. The lowest BCUT2D eigenvalue weighted by molar-refractivity contribution is 0.367. The number of rotatable bonds is 5. The quantitative estimate of drug-likeness (QED) is 0.697. The molecule has 1 nitrogen and oxygen atoms in total. The van der Waals surface area contributed by atoms with Gasteiger partial charge in [-0.05, 0) is 49.3 Å². The van der Waals surface area contributed by atoms with Crippen LogP contribution in [-0.2, 0) is 0 Å². The molecule has 2 saturated carbocycles. The summed E-state index contributed by atoms with van der Waals surface area (Å²) in [5, 5.41) is 3.59. The van der Waals surface area contributed by atoms with Crippen LogP contribution in [0.5, 0.6) is 0 Å². The molecule has 1 heteroatoms. The summed E-state index contributed by atoms with van der Waals surface area (Å²) in [5.41, 5.74) is 3.10. The molecule has 0 radical (unpaired) electrons. The topological polar surface area (TPSA) is 12.0 Å². The summed E-state index contributed by atoms with van der Waals surface area (Å²) >= 11 is 0. The molecule has 1 unspecified atom stereocenters. The normalized spacial score (nSPS) is 22.5. The first-order valence-corrected chi connectivity index (χ1v) is 9.14. The van der Waals surface area contributed by atoms with Gasteiger partial charge in [0.25, 0.3) is 0 Å². The van der Waals surface area contributed by atoms with Gasteiger partial charge in [0, 0.05) is 6.04 Å². The van der Waals surface area contributed by atoms with Crippen LogP contribution in [0.15, 0.2) is 24.3 Å². The molecule has 2 aliphatic carbocycles. The van der Waals surface area contributed by atoms with Crippen molar-refractivity contribution < 1.29 is 0 Å². The summed E-state index contributed by atoms with van der Waals surface area (Å²) < 4.78 is 0. The molecule has 3 rings (SSSR count). The molecule has 2 fully saturated rings. The van der Waals surface area contributed by atoms with Gasteiger partial charge in [-0.1, -0.05) is 69.2 Å². The fourth-order valence-electron chi connectivity index (χ4n) is 4.12. The van der Waals surface area contributed by atoms with Crippen molar-refractivity contribution in [2.45, 2.75) is 76.2 Å². The fraction of sp³-hybridized carbons (Fsp3) is 0.700. The minimum atomic E-state index is 0.549. The van der Waals surface area contributed by atoms with Crippen LogP contribution in [0.4, 0.5) is 0 Å². The van der Waals surface area contributed by atoms with Gasteiger partial charge in [0.2, 0.25) is 0 Å². The van der Waals surface area contributed by atoms with E-state index < -0.39 is 0 Å². The Balaban J connectivity index is 1.66. The van der Waals surface area contributed by atoms with Gasteiger partial charge >= 0.3 is 0 Å². The maximum Gasteiger partial charge on any atom is 0.0320 e. The molecule has 1 aromatic carbocycles. The fourth-order valence-corrected chi connectivity index (χ4v) is 4.12. The van der Waals surface area contributed by atoms with E-state index in [1.165, 1.54) is 69.8 Å². The average Bonchev–Trinajstić information content (AvgIpc) is 2.72. The molecule has 0 aromatic heterocycles. The summed E-state index contributed by atoms with van der Waals surface area (Å²) in [6.07, 6.45) is 14.2. The van der Waals surface area contributed by atoms with Crippen molar-refractivity contribution in [3.63, 3.8) is 0 Å². The molecule has 0 saturated heterocycles. The van der Waals surface area contributed by atoms with E-state index in [1.54, 1.807) is 5.56 Å². The number of benzene rings is 1. The van der Waals surface area contributed by atoms with Gasteiger partial charge in [0.15, 0.2) is 0 Å². The predicted molar refractivity (Wildman–Crippen MR) is 90.6 cm³/mol. The van der Waals surface area contributed by atoms with Crippen LogP contribution in [-0.4, -0.2) is 7.05 Å². The highest BCUT2D eigenvalue weighted by Crippen LogP contribution is 2.38. The third-order valence-electron chi connectivity index (χ3n) is 5.78. The maximum atomic E-state index is 3.59. The van der Waals surface area contributed by atoms with Crippen LogP contribution in [0.2, 0.25) is 0 Å². The molecule has 1 atom stereocenters. The predicted octanol–water partition coefficient (Wildman–Crippen LogP) is 5.58. The second-order valence-electron chi connectivity index (χ2n) is 7.23. The van der Waals surface area contributed by atoms with Crippen molar-refractivity contribution in [1.29, 1.82) is 0 Å². The molecule has 0 spiro atoms. The van der Waals surface area contributed by atoms with E-state index in [4.69, 9.17) is 0 Å². The lowest BCUT2D eigenvalue weighted by Gasteiger charge is -2.28. The summed E-state index contributed by atoms with van der Waals surface area (Å²) in [6.45, 7) is 0. The van der Waals surface area contributed by atoms with Gasteiger partial charge in [-0.2, -0.15) is 0 Å². The summed E-state index contributed by atoms with van der Waals surface area (Å²) in [6, 6.07) is 9.99. The van der Waals surface area contributed by atoms with Crippen molar-refractivity contribution in [3.8, 4) is 0 Å². The molecule has 0 aliphatic heterocycles. The molecule has 1 aromatic rings. The van der Waals surface area contributed by atoms with Crippen LogP contribution < -0.4 is 5.32 Å². The Morgan fingerprint density at radius 1 is 1.00 bits per heavy atom. The Hall–Kier alpha value is -0.820. The highest BCUT2D eigenvalue weighted by molar-refractivity contribution is 5.29. The highest BCUT2D eigenvalue weighted by atomic mass is 14.9. The van der Waals surface area contributed by atoms with Crippen LogP contribution >= 0.6 is 0 Å².